The SMILES string of the molecule is CCCC(C1CCOC1)C(C)C1CCOC1. The third-order valence-corrected chi connectivity index (χ3v) is 4.58. The van der Waals surface area contributed by atoms with E-state index in [0.717, 1.165) is 50.1 Å². The molecule has 0 aliphatic carbocycles. The van der Waals surface area contributed by atoms with E-state index in [1.54, 1.807) is 0 Å². The maximum atomic E-state index is 5.57. The van der Waals surface area contributed by atoms with Crippen LogP contribution < -0.4 is 0 Å². The van der Waals surface area contributed by atoms with Gasteiger partial charge in [-0.2, -0.15) is 0 Å². The van der Waals surface area contributed by atoms with Gasteiger partial charge < -0.3 is 9.47 Å². The Kier molecular flexibility index (Phi) is 4.66. The van der Waals surface area contributed by atoms with Crippen LogP contribution in [0.3, 0.4) is 0 Å². The van der Waals surface area contributed by atoms with Crippen LogP contribution in [0.2, 0.25) is 0 Å². The molecule has 2 aliphatic heterocycles. The lowest BCUT2D eigenvalue weighted by molar-refractivity contribution is 0.115. The Hall–Kier alpha value is -0.0800. The van der Waals surface area contributed by atoms with Crippen LogP contribution in [0.15, 0.2) is 0 Å². The lowest BCUT2D eigenvalue weighted by Gasteiger charge is -2.31. The predicted molar refractivity (Wildman–Crippen MR) is 65.4 cm³/mol. The number of hydrogen-bond acceptors (Lipinski definition) is 2. The van der Waals surface area contributed by atoms with Gasteiger partial charge in [0.2, 0.25) is 0 Å². The van der Waals surface area contributed by atoms with Crippen molar-refractivity contribution in [3.63, 3.8) is 0 Å². The zero-order valence-electron chi connectivity index (χ0n) is 10.8. The van der Waals surface area contributed by atoms with Gasteiger partial charge >= 0.3 is 0 Å². The van der Waals surface area contributed by atoms with E-state index in [9.17, 15) is 0 Å². The van der Waals surface area contributed by atoms with Crippen LogP contribution in [0.5, 0.6) is 0 Å². The Labute approximate surface area is 99.7 Å². The summed E-state index contributed by atoms with van der Waals surface area (Å²) in [6, 6.07) is 0. The molecular formula is C14H26O2. The van der Waals surface area contributed by atoms with Gasteiger partial charge in [0.15, 0.2) is 0 Å². The van der Waals surface area contributed by atoms with E-state index in [4.69, 9.17) is 9.47 Å². The lowest BCUT2D eigenvalue weighted by Crippen LogP contribution is -2.28. The first-order valence-electron chi connectivity index (χ1n) is 6.98. The standard InChI is InChI=1S/C14H26O2/c1-3-4-14(13-6-8-16-10-13)11(2)12-5-7-15-9-12/h11-14H,3-10H2,1-2H3. The summed E-state index contributed by atoms with van der Waals surface area (Å²) >= 11 is 0. The van der Waals surface area contributed by atoms with Crippen molar-refractivity contribution in [2.75, 3.05) is 26.4 Å². The fraction of sp³-hybridized carbons (Fsp3) is 1.00. The van der Waals surface area contributed by atoms with Crippen molar-refractivity contribution in [2.24, 2.45) is 23.7 Å². The second kappa shape index (κ2) is 6.02. The average molecular weight is 226 g/mol. The highest BCUT2D eigenvalue weighted by Crippen LogP contribution is 2.37. The zero-order valence-corrected chi connectivity index (χ0v) is 10.8. The zero-order chi connectivity index (χ0) is 11.4. The van der Waals surface area contributed by atoms with Crippen LogP contribution in [0.4, 0.5) is 0 Å². The van der Waals surface area contributed by atoms with Crippen LogP contribution in [0.25, 0.3) is 0 Å². The van der Waals surface area contributed by atoms with Gasteiger partial charge in [-0.15, -0.1) is 0 Å². The Balaban J connectivity index is 1.93. The minimum atomic E-state index is 0.803. The number of rotatable bonds is 5. The summed E-state index contributed by atoms with van der Waals surface area (Å²) in [5.41, 5.74) is 0. The molecule has 0 spiro atoms. The fourth-order valence-corrected chi connectivity index (χ4v) is 3.47. The van der Waals surface area contributed by atoms with Gasteiger partial charge in [-0.05, 0) is 36.5 Å². The van der Waals surface area contributed by atoms with Gasteiger partial charge in [0.25, 0.3) is 0 Å². The molecule has 16 heavy (non-hydrogen) atoms. The molecule has 2 nitrogen and oxygen atoms in total. The topological polar surface area (TPSA) is 18.5 Å². The molecule has 4 unspecified atom stereocenters. The van der Waals surface area contributed by atoms with Crippen LogP contribution in [-0.4, -0.2) is 26.4 Å². The van der Waals surface area contributed by atoms with E-state index in [-0.39, 0.29) is 0 Å². The van der Waals surface area contributed by atoms with Crippen LogP contribution >= 0.6 is 0 Å². The van der Waals surface area contributed by atoms with E-state index < -0.39 is 0 Å². The van der Waals surface area contributed by atoms with Crippen molar-refractivity contribution in [1.29, 1.82) is 0 Å². The highest BCUT2D eigenvalue weighted by molar-refractivity contribution is 4.82. The van der Waals surface area contributed by atoms with Gasteiger partial charge in [-0.25, -0.2) is 0 Å². The Morgan fingerprint density at radius 2 is 1.69 bits per heavy atom. The van der Waals surface area contributed by atoms with E-state index >= 15 is 0 Å². The van der Waals surface area contributed by atoms with Gasteiger partial charge in [0, 0.05) is 26.4 Å². The summed E-state index contributed by atoms with van der Waals surface area (Å²) < 4.78 is 11.1. The fourth-order valence-electron chi connectivity index (χ4n) is 3.47. The molecule has 2 aliphatic rings. The van der Waals surface area contributed by atoms with Gasteiger partial charge in [-0.3, -0.25) is 0 Å². The molecule has 0 bridgehead atoms. The highest BCUT2D eigenvalue weighted by atomic mass is 16.5. The van der Waals surface area contributed by atoms with Gasteiger partial charge in [0.05, 0.1) is 0 Å². The minimum Gasteiger partial charge on any atom is -0.381 e. The first-order valence-corrected chi connectivity index (χ1v) is 6.98. The molecule has 0 aromatic heterocycles. The molecule has 0 N–H and O–H groups in total. The quantitative estimate of drug-likeness (QED) is 0.717. The molecule has 94 valence electrons. The largest absolute Gasteiger partial charge is 0.381 e. The molecular weight excluding hydrogens is 200 g/mol. The van der Waals surface area contributed by atoms with Crippen LogP contribution in [-0.2, 0) is 9.47 Å². The minimum absolute atomic E-state index is 0.803. The van der Waals surface area contributed by atoms with E-state index in [0.29, 0.717) is 0 Å². The smallest absolute Gasteiger partial charge is 0.0497 e. The Morgan fingerprint density at radius 3 is 2.19 bits per heavy atom. The summed E-state index contributed by atoms with van der Waals surface area (Å²) in [7, 11) is 0. The monoisotopic (exact) mass is 226 g/mol. The third-order valence-electron chi connectivity index (χ3n) is 4.58. The van der Waals surface area contributed by atoms with Crippen molar-refractivity contribution in [3.8, 4) is 0 Å². The van der Waals surface area contributed by atoms with Gasteiger partial charge in [0.1, 0.15) is 0 Å². The Bertz CT molecular complexity index is 193. The number of ether oxygens (including phenoxy) is 2. The summed E-state index contributed by atoms with van der Waals surface area (Å²) in [6.45, 7) is 8.71. The first-order chi connectivity index (χ1) is 7.83. The molecule has 0 aromatic rings. The summed E-state index contributed by atoms with van der Waals surface area (Å²) in [6.07, 6.45) is 5.22. The third kappa shape index (κ3) is 2.78. The average Bonchev–Trinajstić information content (AvgIpc) is 2.96. The lowest BCUT2D eigenvalue weighted by atomic mass is 9.73. The maximum Gasteiger partial charge on any atom is 0.0497 e. The molecule has 2 rings (SSSR count). The van der Waals surface area contributed by atoms with Crippen molar-refractivity contribution >= 4 is 0 Å². The van der Waals surface area contributed by atoms with Crippen molar-refractivity contribution in [3.05, 3.63) is 0 Å². The van der Waals surface area contributed by atoms with Crippen molar-refractivity contribution in [2.45, 2.75) is 39.5 Å². The molecule has 2 saturated heterocycles. The van der Waals surface area contributed by atoms with E-state index in [2.05, 4.69) is 13.8 Å². The predicted octanol–water partition coefficient (Wildman–Crippen LogP) is 3.11. The van der Waals surface area contributed by atoms with Gasteiger partial charge in [-0.1, -0.05) is 26.7 Å². The highest BCUT2D eigenvalue weighted by Gasteiger charge is 2.34. The molecule has 0 aromatic carbocycles. The molecule has 0 radical (unpaired) electrons. The Morgan fingerprint density at radius 1 is 1.06 bits per heavy atom. The maximum absolute atomic E-state index is 5.57. The van der Waals surface area contributed by atoms with Crippen LogP contribution in [0, 0.1) is 23.7 Å². The molecule has 2 fully saturated rings. The normalized spacial score (nSPS) is 34.1. The van der Waals surface area contributed by atoms with Crippen LogP contribution in [0.1, 0.15) is 39.5 Å². The van der Waals surface area contributed by atoms with Crippen molar-refractivity contribution in [1.82, 2.24) is 0 Å². The second-order valence-electron chi connectivity index (χ2n) is 5.56. The molecule has 0 saturated carbocycles. The molecule has 2 heteroatoms. The molecule has 0 amide bonds. The molecule has 4 atom stereocenters. The summed E-state index contributed by atoms with van der Waals surface area (Å²) in [5.74, 6) is 3.29. The first kappa shape index (κ1) is 12.4. The van der Waals surface area contributed by atoms with E-state index in [1.165, 1.54) is 25.7 Å². The van der Waals surface area contributed by atoms with Crippen molar-refractivity contribution < 1.29 is 9.47 Å². The number of hydrogen-bond donors (Lipinski definition) is 0. The second-order valence-corrected chi connectivity index (χ2v) is 5.56. The summed E-state index contributed by atoms with van der Waals surface area (Å²) in [5, 5.41) is 0. The summed E-state index contributed by atoms with van der Waals surface area (Å²) in [4.78, 5) is 0. The van der Waals surface area contributed by atoms with E-state index in [1.807, 2.05) is 0 Å². The molecule has 2 heterocycles.